The van der Waals surface area contributed by atoms with Crippen molar-refractivity contribution in [3.05, 3.63) is 11.6 Å². The third kappa shape index (κ3) is 6.51. The fraction of sp³-hybridized carbons (Fsp3) is 0.824. The lowest BCUT2D eigenvalue weighted by molar-refractivity contribution is 0.191. The molecule has 2 aliphatic rings. The fourth-order valence-corrected chi connectivity index (χ4v) is 3.14. The molecule has 4 nitrogen and oxygen atoms in total. The summed E-state index contributed by atoms with van der Waals surface area (Å²) in [7, 11) is 0. The SMILES string of the molecule is CC1CCN(CCNC(=O)NCCC2=CCCCC2)CC1. The summed E-state index contributed by atoms with van der Waals surface area (Å²) in [5.41, 5.74) is 1.52. The van der Waals surface area contributed by atoms with Crippen LogP contribution in [0.15, 0.2) is 11.6 Å². The van der Waals surface area contributed by atoms with E-state index >= 15 is 0 Å². The maximum Gasteiger partial charge on any atom is 0.314 e. The first-order valence-electron chi connectivity index (χ1n) is 8.66. The van der Waals surface area contributed by atoms with Crippen LogP contribution in [0.5, 0.6) is 0 Å². The second-order valence-electron chi connectivity index (χ2n) is 6.56. The van der Waals surface area contributed by atoms with Crippen molar-refractivity contribution in [2.45, 2.75) is 51.9 Å². The number of carbonyl (C=O) groups excluding carboxylic acids is 1. The van der Waals surface area contributed by atoms with E-state index in [2.05, 4.69) is 28.5 Å². The number of amides is 2. The molecule has 0 aromatic rings. The molecule has 0 atom stereocenters. The van der Waals surface area contributed by atoms with Gasteiger partial charge >= 0.3 is 6.03 Å². The van der Waals surface area contributed by atoms with Gasteiger partial charge in [0.05, 0.1) is 0 Å². The van der Waals surface area contributed by atoms with Crippen LogP contribution in [0.25, 0.3) is 0 Å². The van der Waals surface area contributed by atoms with E-state index in [1.807, 2.05) is 0 Å². The molecular formula is C17H31N3O. The van der Waals surface area contributed by atoms with Crippen molar-refractivity contribution in [1.82, 2.24) is 15.5 Å². The Balaban J connectivity index is 1.48. The first kappa shape index (κ1) is 16.3. The van der Waals surface area contributed by atoms with Crippen molar-refractivity contribution in [3.8, 4) is 0 Å². The molecule has 0 spiro atoms. The van der Waals surface area contributed by atoms with Crippen LogP contribution in [0.1, 0.15) is 51.9 Å². The average Bonchev–Trinajstić information content (AvgIpc) is 2.50. The molecule has 4 heteroatoms. The second-order valence-corrected chi connectivity index (χ2v) is 6.56. The minimum absolute atomic E-state index is 0.0169. The summed E-state index contributed by atoms with van der Waals surface area (Å²) >= 11 is 0. The highest BCUT2D eigenvalue weighted by Crippen LogP contribution is 2.19. The van der Waals surface area contributed by atoms with Gasteiger partial charge < -0.3 is 15.5 Å². The number of rotatable bonds is 6. The number of hydrogen-bond acceptors (Lipinski definition) is 2. The Morgan fingerprint density at radius 3 is 2.71 bits per heavy atom. The Morgan fingerprint density at radius 2 is 2.00 bits per heavy atom. The highest BCUT2D eigenvalue weighted by Gasteiger charge is 2.15. The van der Waals surface area contributed by atoms with Gasteiger partial charge in [-0.05, 0) is 64.0 Å². The lowest BCUT2D eigenvalue weighted by Gasteiger charge is -2.30. The summed E-state index contributed by atoms with van der Waals surface area (Å²) < 4.78 is 0. The standard InChI is InChI=1S/C17H31N3O/c1-15-8-12-20(13-9-15)14-11-19-17(21)18-10-7-16-5-3-2-4-6-16/h5,15H,2-4,6-14H2,1H3,(H2,18,19,21). The molecule has 1 heterocycles. The van der Waals surface area contributed by atoms with Crippen molar-refractivity contribution in [2.24, 2.45) is 5.92 Å². The Kier molecular flexibility index (Phi) is 7.07. The molecular weight excluding hydrogens is 262 g/mol. The van der Waals surface area contributed by atoms with Gasteiger partial charge in [-0.15, -0.1) is 0 Å². The number of urea groups is 1. The van der Waals surface area contributed by atoms with Gasteiger partial charge in [0.25, 0.3) is 0 Å². The third-order valence-corrected chi connectivity index (χ3v) is 4.71. The highest BCUT2D eigenvalue weighted by molar-refractivity contribution is 5.73. The van der Waals surface area contributed by atoms with E-state index in [0.717, 1.165) is 32.0 Å². The summed E-state index contributed by atoms with van der Waals surface area (Å²) in [6.07, 6.45) is 11.0. The molecule has 21 heavy (non-hydrogen) atoms. The predicted molar refractivity (Wildman–Crippen MR) is 87.4 cm³/mol. The molecule has 1 saturated heterocycles. The van der Waals surface area contributed by atoms with E-state index in [1.54, 1.807) is 0 Å². The number of allylic oxidation sites excluding steroid dienone is 1. The van der Waals surface area contributed by atoms with Gasteiger partial charge in [0.15, 0.2) is 0 Å². The van der Waals surface area contributed by atoms with Gasteiger partial charge in [-0.3, -0.25) is 0 Å². The number of nitrogens with zero attached hydrogens (tertiary/aromatic N) is 1. The van der Waals surface area contributed by atoms with Crippen molar-refractivity contribution in [2.75, 3.05) is 32.7 Å². The molecule has 2 N–H and O–H groups in total. The van der Waals surface area contributed by atoms with Gasteiger partial charge in [-0.1, -0.05) is 18.6 Å². The molecule has 1 aliphatic heterocycles. The van der Waals surface area contributed by atoms with Gasteiger partial charge in [-0.2, -0.15) is 0 Å². The third-order valence-electron chi connectivity index (χ3n) is 4.71. The summed E-state index contributed by atoms with van der Waals surface area (Å²) in [5, 5.41) is 5.93. The number of carbonyl (C=O) groups is 1. The van der Waals surface area contributed by atoms with E-state index in [4.69, 9.17) is 0 Å². The van der Waals surface area contributed by atoms with Gasteiger partial charge in [0.1, 0.15) is 0 Å². The normalized spacial score (nSPS) is 20.9. The Bertz CT molecular complexity index is 346. The molecule has 2 rings (SSSR count). The summed E-state index contributed by atoms with van der Waals surface area (Å²) in [6.45, 7) is 7.18. The van der Waals surface area contributed by atoms with Gasteiger partial charge in [0, 0.05) is 19.6 Å². The van der Waals surface area contributed by atoms with Crippen LogP contribution < -0.4 is 10.6 Å². The lowest BCUT2D eigenvalue weighted by Crippen LogP contribution is -2.42. The molecule has 0 radical (unpaired) electrons. The topological polar surface area (TPSA) is 44.4 Å². The summed E-state index contributed by atoms with van der Waals surface area (Å²) in [6, 6.07) is -0.0169. The minimum Gasteiger partial charge on any atom is -0.338 e. The zero-order chi connectivity index (χ0) is 14.9. The minimum atomic E-state index is -0.0169. The van der Waals surface area contributed by atoms with Crippen molar-refractivity contribution >= 4 is 6.03 Å². The molecule has 1 fully saturated rings. The van der Waals surface area contributed by atoms with Crippen LogP contribution in [0, 0.1) is 5.92 Å². The van der Waals surface area contributed by atoms with E-state index in [0.29, 0.717) is 0 Å². The van der Waals surface area contributed by atoms with Crippen LogP contribution in [0.2, 0.25) is 0 Å². The monoisotopic (exact) mass is 293 g/mol. The quantitative estimate of drug-likeness (QED) is 0.740. The second kappa shape index (κ2) is 9.08. The molecule has 0 unspecified atom stereocenters. The Morgan fingerprint density at radius 1 is 1.24 bits per heavy atom. The first-order chi connectivity index (χ1) is 10.2. The largest absolute Gasteiger partial charge is 0.338 e. The molecule has 0 aromatic heterocycles. The Hall–Kier alpha value is -1.03. The smallest absolute Gasteiger partial charge is 0.314 e. The van der Waals surface area contributed by atoms with E-state index < -0.39 is 0 Å². The zero-order valence-corrected chi connectivity index (χ0v) is 13.5. The maximum absolute atomic E-state index is 11.7. The van der Waals surface area contributed by atoms with Crippen molar-refractivity contribution in [3.63, 3.8) is 0 Å². The average molecular weight is 293 g/mol. The maximum atomic E-state index is 11.7. The van der Waals surface area contributed by atoms with E-state index in [9.17, 15) is 4.79 Å². The fourth-order valence-electron chi connectivity index (χ4n) is 3.14. The molecule has 120 valence electrons. The number of piperidine rings is 1. The number of nitrogens with one attached hydrogen (secondary N) is 2. The van der Waals surface area contributed by atoms with E-state index in [-0.39, 0.29) is 6.03 Å². The summed E-state index contributed by atoms with van der Waals surface area (Å²) in [5.74, 6) is 0.867. The van der Waals surface area contributed by atoms with Crippen LogP contribution in [0.4, 0.5) is 4.79 Å². The highest BCUT2D eigenvalue weighted by atomic mass is 16.2. The molecule has 1 aliphatic carbocycles. The first-order valence-corrected chi connectivity index (χ1v) is 8.66. The zero-order valence-electron chi connectivity index (χ0n) is 13.5. The van der Waals surface area contributed by atoms with Crippen molar-refractivity contribution < 1.29 is 4.79 Å². The van der Waals surface area contributed by atoms with Gasteiger partial charge in [0.2, 0.25) is 0 Å². The summed E-state index contributed by atoms with van der Waals surface area (Å²) in [4.78, 5) is 14.2. The van der Waals surface area contributed by atoms with E-state index in [1.165, 1.54) is 57.2 Å². The predicted octanol–water partition coefficient (Wildman–Crippen LogP) is 2.91. The molecule has 2 amide bonds. The number of hydrogen-bond donors (Lipinski definition) is 2. The molecule has 0 aromatic carbocycles. The molecule has 0 bridgehead atoms. The van der Waals surface area contributed by atoms with Crippen LogP contribution in [-0.4, -0.2) is 43.7 Å². The van der Waals surface area contributed by atoms with Crippen LogP contribution in [-0.2, 0) is 0 Å². The molecule has 0 saturated carbocycles. The van der Waals surface area contributed by atoms with Crippen molar-refractivity contribution in [1.29, 1.82) is 0 Å². The van der Waals surface area contributed by atoms with Gasteiger partial charge in [-0.25, -0.2) is 4.79 Å². The lowest BCUT2D eigenvalue weighted by atomic mass is 9.97. The Labute approximate surface area is 129 Å². The van der Waals surface area contributed by atoms with Crippen LogP contribution in [0.3, 0.4) is 0 Å². The number of likely N-dealkylation sites (tertiary alicyclic amines) is 1. The van der Waals surface area contributed by atoms with Crippen LogP contribution >= 0.6 is 0 Å².